The number of aromatic nitrogens is 4. The summed E-state index contributed by atoms with van der Waals surface area (Å²) in [5.74, 6) is -0.644. The van der Waals surface area contributed by atoms with Gasteiger partial charge in [-0.2, -0.15) is 5.10 Å². The summed E-state index contributed by atoms with van der Waals surface area (Å²) in [6.07, 6.45) is 1.32. The Morgan fingerprint density at radius 1 is 0.907 bits per heavy atom. The first kappa shape index (κ1) is 26.7. The minimum Gasteiger partial charge on any atom is -0.458 e. The standard InChI is InChI=1S/C32H26F2N6O3/c1-18(30-25(19-6-3-2-4-7-19)29(41)26-21(33)8-5-9-24(26)43-30)40-32-27(31(35)36-17-37-32)28(38-40)20-10-11-23(22(34)16-20)39-12-14-42-15-13-39/h2-11,16-18H,12-15H2,1H3,(H2,35,36,37). The van der Waals surface area contributed by atoms with Crippen LogP contribution in [-0.2, 0) is 4.74 Å². The molecule has 0 spiro atoms. The lowest BCUT2D eigenvalue weighted by molar-refractivity contribution is 0.122. The zero-order valence-electron chi connectivity index (χ0n) is 23.1. The molecule has 2 N–H and O–H groups in total. The molecule has 0 bridgehead atoms. The van der Waals surface area contributed by atoms with Gasteiger partial charge in [0.25, 0.3) is 0 Å². The molecule has 7 rings (SSSR count). The van der Waals surface area contributed by atoms with Crippen molar-refractivity contribution in [1.29, 1.82) is 0 Å². The topological polar surface area (TPSA) is 112 Å². The van der Waals surface area contributed by atoms with Crippen molar-refractivity contribution in [3.8, 4) is 22.4 Å². The molecule has 1 atom stereocenters. The Bertz CT molecular complexity index is 2050. The maximum atomic E-state index is 15.5. The van der Waals surface area contributed by atoms with Crippen LogP contribution in [-0.4, -0.2) is 46.1 Å². The molecule has 6 aromatic rings. The number of hydrogen-bond donors (Lipinski definition) is 1. The van der Waals surface area contributed by atoms with Crippen LogP contribution in [0.5, 0.6) is 0 Å². The third-order valence-corrected chi connectivity index (χ3v) is 7.80. The Labute approximate surface area is 244 Å². The number of rotatable bonds is 5. The van der Waals surface area contributed by atoms with Gasteiger partial charge in [0, 0.05) is 18.7 Å². The van der Waals surface area contributed by atoms with Crippen molar-refractivity contribution in [1.82, 2.24) is 19.7 Å². The van der Waals surface area contributed by atoms with E-state index < -0.39 is 23.1 Å². The number of nitrogens with zero attached hydrogens (tertiary/aromatic N) is 5. The van der Waals surface area contributed by atoms with Crippen LogP contribution >= 0.6 is 0 Å². The quantitative estimate of drug-likeness (QED) is 0.282. The molecule has 3 aromatic carbocycles. The zero-order valence-corrected chi connectivity index (χ0v) is 23.1. The summed E-state index contributed by atoms with van der Waals surface area (Å²) in [5.41, 5.74) is 8.42. The summed E-state index contributed by atoms with van der Waals surface area (Å²) in [6, 6.07) is 17.4. The van der Waals surface area contributed by atoms with E-state index in [0.717, 1.165) is 0 Å². The molecule has 0 radical (unpaired) electrons. The number of nitrogen functional groups attached to an aromatic ring is 1. The van der Waals surface area contributed by atoms with Crippen molar-refractivity contribution in [2.24, 2.45) is 0 Å². The van der Waals surface area contributed by atoms with E-state index in [1.165, 1.54) is 24.5 Å². The van der Waals surface area contributed by atoms with E-state index in [-0.39, 0.29) is 28.1 Å². The number of hydrogen-bond acceptors (Lipinski definition) is 8. The van der Waals surface area contributed by atoms with Crippen molar-refractivity contribution >= 4 is 33.5 Å². The van der Waals surface area contributed by atoms with E-state index in [2.05, 4.69) is 9.97 Å². The monoisotopic (exact) mass is 580 g/mol. The second kappa shape index (κ2) is 10.6. The van der Waals surface area contributed by atoms with E-state index in [4.69, 9.17) is 20.0 Å². The fourth-order valence-electron chi connectivity index (χ4n) is 5.68. The average molecular weight is 581 g/mol. The van der Waals surface area contributed by atoms with Gasteiger partial charge in [-0.3, -0.25) is 4.79 Å². The van der Waals surface area contributed by atoms with Crippen LogP contribution in [0.1, 0.15) is 18.7 Å². The first-order valence-electron chi connectivity index (χ1n) is 13.8. The molecule has 1 fully saturated rings. The van der Waals surface area contributed by atoms with Crippen molar-refractivity contribution in [3.63, 3.8) is 0 Å². The second-order valence-electron chi connectivity index (χ2n) is 10.3. The molecule has 4 heterocycles. The molecular weight excluding hydrogens is 554 g/mol. The normalized spacial score (nSPS) is 14.4. The van der Waals surface area contributed by atoms with Gasteiger partial charge >= 0.3 is 0 Å². The lowest BCUT2D eigenvalue weighted by Gasteiger charge is -2.29. The Hall–Kier alpha value is -5.16. The Morgan fingerprint density at radius 2 is 1.70 bits per heavy atom. The van der Waals surface area contributed by atoms with E-state index in [1.54, 1.807) is 54.1 Å². The van der Waals surface area contributed by atoms with E-state index in [9.17, 15) is 9.18 Å². The largest absolute Gasteiger partial charge is 0.458 e. The van der Waals surface area contributed by atoms with Crippen LogP contribution in [0.15, 0.2) is 82.3 Å². The number of nitrogens with two attached hydrogens (primary N) is 1. The summed E-state index contributed by atoms with van der Waals surface area (Å²) in [6.45, 7) is 4.05. The molecule has 3 aromatic heterocycles. The lowest BCUT2D eigenvalue weighted by Crippen LogP contribution is -2.36. The van der Waals surface area contributed by atoms with Crippen molar-refractivity contribution in [2.45, 2.75) is 13.0 Å². The molecule has 216 valence electrons. The SMILES string of the molecule is CC(c1oc2cccc(F)c2c(=O)c1-c1ccccc1)n1nc(-c2ccc(N3CCOCC3)c(F)c2)c2c(N)ncnc21. The van der Waals surface area contributed by atoms with E-state index in [0.29, 0.717) is 59.8 Å². The summed E-state index contributed by atoms with van der Waals surface area (Å²) >= 11 is 0. The molecule has 0 aliphatic carbocycles. The van der Waals surface area contributed by atoms with Gasteiger partial charge < -0.3 is 19.8 Å². The van der Waals surface area contributed by atoms with Gasteiger partial charge in [0.15, 0.2) is 5.65 Å². The summed E-state index contributed by atoms with van der Waals surface area (Å²) in [7, 11) is 0. The summed E-state index contributed by atoms with van der Waals surface area (Å²) in [4.78, 5) is 24.4. The van der Waals surface area contributed by atoms with Crippen LogP contribution in [0, 0.1) is 11.6 Å². The van der Waals surface area contributed by atoms with E-state index in [1.807, 2.05) is 11.0 Å². The summed E-state index contributed by atoms with van der Waals surface area (Å²) < 4.78 is 43.6. The van der Waals surface area contributed by atoms with Crippen LogP contribution in [0.4, 0.5) is 20.3 Å². The van der Waals surface area contributed by atoms with Gasteiger partial charge in [0.2, 0.25) is 5.43 Å². The predicted octanol–water partition coefficient (Wildman–Crippen LogP) is 5.57. The molecule has 43 heavy (non-hydrogen) atoms. The van der Waals surface area contributed by atoms with Gasteiger partial charge in [-0.15, -0.1) is 0 Å². The first-order valence-corrected chi connectivity index (χ1v) is 13.8. The Kier molecular flexibility index (Phi) is 6.58. The number of fused-ring (bicyclic) bond motifs is 2. The maximum Gasteiger partial charge on any atom is 0.203 e. The number of ether oxygens (including phenoxy) is 1. The number of benzene rings is 3. The fraction of sp³-hybridized carbons (Fsp3) is 0.188. The minimum absolute atomic E-state index is 0.109. The van der Waals surface area contributed by atoms with Gasteiger partial charge in [0.1, 0.15) is 52.2 Å². The number of morpholine rings is 1. The molecule has 1 saturated heterocycles. The lowest BCUT2D eigenvalue weighted by atomic mass is 9.99. The third kappa shape index (κ3) is 4.49. The minimum atomic E-state index is -0.710. The zero-order chi connectivity index (χ0) is 29.7. The van der Waals surface area contributed by atoms with Crippen LogP contribution < -0.4 is 16.1 Å². The van der Waals surface area contributed by atoms with Crippen LogP contribution in [0.3, 0.4) is 0 Å². The smallest absolute Gasteiger partial charge is 0.203 e. The second-order valence-corrected chi connectivity index (χ2v) is 10.3. The highest BCUT2D eigenvalue weighted by Crippen LogP contribution is 2.37. The molecule has 1 aliphatic rings. The molecule has 0 amide bonds. The molecule has 0 saturated carbocycles. The van der Waals surface area contributed by atoms with Crippen molar-refractivity contribution in [2.75, 3.05) is 36.9 Å². The van der Waals surface area contributed by atoms with E-state index >= 15 is 4.39 Å². The highest BCUT2D eigenvalue weighted by atomic mass is 19.1. The van der Waals surface area contributed by atoms with Crippen molar-refractivity contribution < 1.29 is 17.9 Å². The number of halogens is 2. The first-order chi connectivity index (χ1) is 20.9. The van der Waals surface area contributed by atoms with Crippen LogP contribution in [0.2, 0.25) is 0 Å². The van der Waals surface area contributed by atoms with Gasteiger partial charge in [-0.05, 0) is 36.8 Å². The predicted molar refractivity (Wildman–Crippen MR) is 160 cm³/mol. The highest BCUT2D eigenvalue weighted by Gasteiger charge is 2.28. The average Bonchev–Trinajstić information content (AvgIpc) is 3.42. The maximum absolute atomic E-state index is 15.5. The molecule has 1 aliphatic heterocycles. The molecule has 9 nitrogen and oxygen atoms in total. The Morgan fingerprint density at radius 3 is 2.47 bits per heavy atom. The van der Waals surface area contributed by atoms with Gasteiger partial charge in [-0.25, -0.2) is 23.4 Å². The number of anilines is 2. The molecular formula is C32H26F2N6O3. The fourth-order valence-corrected chi connectivity index (χ4v) is 5.68. The third-order valence-electron chi connectivity index (χ3n) is 7.80. The van der Waals surface area contributed by atoms with Gasteiger partial charge in [0.05, 0.1) is 29.9 Å². The van der Waals surface area contributed by atoms with Crippen LogP contribution in [0.25, 0.3) is 44.4 Å². The summed E-state index contributed by atoms with van der Waals surface area (Å²) in [5, 5.41) is 5.14. The highest BCUT2D eigenvalue weighted by molar-refractivity contribution is 5.98. The van der Waals surface area contributed by atoms with Crippen molar-refractivity contribution in [3.05, 3.63) is 101 Å². The van der Waals surface area contributed by atoms with Gasteiger partial charge in [-0.1, -0.05) is 42.5 Å². The Balaban J connectivity index is 1.42. The molecule has 1 unspecified atom stereocenters. The molecule has 11 heteroatoms.